The van der Waals surface area contributed by atoms with Crippen LogP contribution in [0.15, 0.2) is 48.5 Å². The molecule has 0 amide bonds. The molecule has 0 nitrogen and oxygen atoms in total. The van der Waals surface area contributed by atoms with Crippen LogP contribution in [0.25, 0.3) is 22.3 Å². The first-order valence-corrected chi connectivity index (χ1v) is 14.7. The van der Waals surface area contributed by atoms with Gasteiger partial charge in [-0.15, -0.1) is 0 Å². The molecule has 0 saturated heterocycles. The van der Waals surface area contributed by atoms with Crippen LogP contribution in [0.1, 0.15) is 81.8 Å². The molecule has 5 rings (SSSR count). The van der Waals surface area contributed by atoms with Crippen molar-refractivity contribution < 1.29 is 30.7 Å². The predicted octanol–water partition coefficient (Wildman–Crippen LogP) is 11.0. The zero-order valence-corrected chi connectivity index (χ0v) is 23.4. The number of hydrogen-bond acceptors (Lipinski definition) is 0. The van der Waals surface area contributed by atoms with Crippen LogP contribution in [0.5, 0.6) is 0 Å². The van der Waals surface area contributed by atoms with Crippen LogP contribution in [0.4, 0.5) is 30.7 Å². The van der Waals surface area contributed by atoms with E-state index in [-0.39, 0.29) is 22.3 Å². The van der Waals surface area contributed by atoms with Gasteiger partial charge in [0.2, 0.25) is 0 Å². The lowest BCUT2D eigenvalue weighted by Crippen LogP contribution is -2.30. The molecule has 0 radical (unpaired) electrons. The number of rotatable bonds is 6. The van der Waals surface area contributed by atoms with E-state index in [1.54, 1.807) is 12.1 Å². The van der Waals surface area contributed by atoms with Gasteiger partial charge in [-0.05, 0) is 96.7 Å². The Labute approximate surface area is 242 Å². The van der Waals surface area contributed by atoms with Gasteiger partial charge in [-0.3, -0.25) is 0 Å². The summed E-state index contributed by atoms with van der Waals surface area (Å²) in [5, 5.41) is 0. The lowest BCUT2D eigenvalue weighted by molar-refractivity contribution is -0.0696. The molecule has 0 bridgehead atoms. The Kier molecular flexibility index (Phi) is 9.01. The van der Waals surface area contributed by atoms with Crippen LogP contribution in [-0.2, 0) is 0 Å². The second-order valence-electron chi connectivity index (χ2n) is 11.8. The smallest absolute Gasteiger partial charge is 0.206 e. The minimum absolute atomic E-state index is 0.176. The standard InChI is InChI=1S/C35H33F7/c1-2-3-4-21-5-6-23-16-24(8-7-22(23)15-21)25-9-11-28(31(36)17-25)26-10-12-29(32(37)18-26)27-19-33(38)30(34(39)20-27)13-14-35(40,41)42/h9-12,17-24H,2-8,15-16H2,1H3. The average molecular weight is 587 g/mol. The van der Waals surface area contributed by atoms with Gasteiger partial charge in [0.05, 0.1) is 5.56 Å². The summed E-state index contributed by atoms with van der Waals surface area (Å²) in [6.45, 7) is 2.24. The third-order valence-corrected chi connectivity index (χ3v) is 9.11. The molecule has 3 aromatic rings. The number of halogens is 7. The fourth-order valence-corrected chi connectivity index (χ4v) is 6.96. The number of benzene rings is 3. The monoisotopic (exact) mass is 586 g/mol. The SMILES string of the molecule is CCCCC1CCC2CC(c3ccc(-c4ccc(-c5cc(F)c(C#CC(F)(F)F)c(F)c5)c(F)c4)c(F)c3)CCC2C1. The highest BCUT2D eigenvalue weighted by atomic mass is 19.4. The van der Waals surface area contributed by atoms with Crippen molar-refractivity contribution in [2.45, 2.75) is 76.8 Å². The third kappa shape index (κ3) is 6.85. The van der Waals surface area contributed by atoms with Crippen LogP contribution in [0, 0.1) is 52.9 Å². The van der Waals surface area contributed by atoms with Crippen molar-refractivity contribution in [3.63, 3.8) is 0 Å². The van der Waals surface area contributed by atoms with Crippen LogP contribution in [0.3, 0.4) is 0 Å². The van der Waals surface area contributed by atoms with Crippen LogP contribution >= 0.6 is 0 Å². The third-order valence-electron chi connectivity index (χ3n) is 9.11. The summed E-state index contributed by atoms with van der Waals surface area (Å²) in [6, 6.07) is 10.4. The molecular weight excluding hydrogens is 553 g/mol. The van der Waals surface area contributed by atoms with Crippen molar-refractivity contribution in [1.82, 2.24) is 0 Å². The van der Waals surface area contributed by atoms with E-state index in [0.717, 1.165) is 54.4 Å². The summed E-state index contributed by atoms with van der Waals surface area (Å²) in [6.07, 6.45) is 6.10. The fourth-order valence-electron chi connectivity index (χ4n) is 6.96. The summed E-state index contributed by atoms with van der Waals surface area (Å²) in [5.74, 6) is 0.876. The van der Waals surface area contributed by atoms with Crippen molar-refractivity contribution in [2.75, 3.05) is 0 Å². The summed E-state index contributed by atoms with van der Waals surface area (Å²) in [5.41, 5.74) is -0.00190. The molecule has 2 fully saturated rings. The van der Waals surface area contributed by atoms with E-state index in [4.69, 9.17) is 0 Å². The van der Waals surface area contributed by atoms with Crippen molar-refractivity contribution >= 4 is 0 Å². The molecule has 2 aliphatic rings. The second kappa shape index (κ2) is 12.5. The van der Waals surface area contributed by atoms with E-state index in [9.17, 15) is 22.0 Å². The van der Waals surface area contributed by atoms with Crippen molar-refractivity contribution in [3.8, 4) is 34.1 Å². The highest BCUT2D eigenvalue weighted by molar-refractivity contribution is 5.72. The Morgan fingerprint density at radius 2 is 1.33 bits per heavy atom. The molecule has 7 heteroatoms. The van der Waals surface area contributed by atoms with Crippen molar-refractivity contribution in [3.05, 3.63) is 82.9 Å². The quantitative estimate of drug-likeness (QED) is 0.199. The highest BCUT2D eigenvalue weighted by Crippen LogP contribution is 2.48. The number of alkyl halides is 3. The summed E-state index contributed by atoms with van der Waals surface area (Å²) in [7, 11) is 0. The van der Waals surface area contributed by atoms with Crippen LogP contribution < -0.4 is 0 Å². The van der Waals surface area contributed by atoms with Gasteiger partial charge in [0.1, 0.15) is 23.3 Å². The molecule has 222 valence electrons. The van der Waals surface area contributed by atoms with Crippen LogP contribution in [-0.4, -0.2) is 6.18 Å². The lowest BCUT2D eigenvalue weighted by Gasteiger charge is -2.42. The Bertz CT molecular complexity index is 1470. The second-order valence-corrected chi connectivity index (χ2v) is 11.8. The van der Waals surface area contributed by atoms with Crippen molar-refractivity contribution in [1.29, 1.82) is 0 Å². The molecule has 3 aromatic carbocycles. The summed E-state index contributed by atoms with van der Waals surface area (Å²) < 4.78 is 96.2. The molecular formula is C35H33F7. The summed E-state index contributed by atoms with van der Waals surface area (Å²) in [4.78, 5) is 0. The normalized spacial score (nSPS) is 22.3. The molecule has 0 aromatic heterocycles. The molecule has 0 spiro atoms. The number of unbranched alkanes of at least 4 members (excludes halogenated alkanes) is 1. The number of fused-ring (bicyclic) bond motifs is 1. The topological polar surface area (TPSA) is 0 Å². The van der Waals surface area contributed by atoms with E-state index in [2.05, 4.69) is 6.92 Å². The molecule has 0 N–H and O–H groups in total. The molecule has 0 aliphatic heterocycles. The van der Waals surface area contributed by atoms with E-state index in [1.165, 1.54) is 63.0 Å². The van der Waals surface area contributed by atoms with Crippen LogP contribution in [0.2, 0.25) is 0 Å². The molecule has 0 heterocycles. The average Bonchev–Trinajstić information content (AvgIpc) is 2.94. The van der Waals surface area contributed by atoms with E-state index >= 15 is 8.78 Å². The van der Waals surface area contributed by atoms with E-state index in [1.807, 2.05) is 6.07 Å². The minimum atomic E-state index is -4.92. The lowest BCUT2D eigenvalue weighted by atomic mass is 9.63. The molecule has 4 atom stereocenters. The summed E-state index contributed by atoms with van der Waals surface area (Å²) >= 11 is 0. The van der Waals surface area contributed by atoms with Gasteiger partial charge in [0, 0.05) is 17.0 Å². The van der Waals surface area contributed by atoms with Gasteiger partial charge in [0.15, 0.2) is 0 Å². The first kappa shape index (κ1) is 30.2. The zero-order valence-electron chi connectivity index (χ0n) is 23.4. The zero-order chi connectivity index (χ0) is 30.0. The predicted molar refractivity (Wildman–Crippen MR) is 151 cm³/mol. The van der Waals surface area contributed by atoms with Crippen molar-refractivity contribution in [2.24, 2.45) is 17.8 Å². The maximum atomic E-state index is 15.3. The van der Waals surface area contributed by atoms with Gasteiger partial charge in [-0.25, -0.2) is 17.6 Å². The maximum Gasteiger partial charge on any atom is 0.458 e. The Balaban J connectivity index is 1.30. The number of hydrogen-bond donors (Lipinski definition) is 0. The Hall–Kier alpha value is -3.27. The first-order valence-electron chi connectivity index (χ1n) is 14.7. The maximum absolute atomic E-state index is 15.3. The Morgan fingerprint density at radius 3 is 2.00 bits per heavy atom. The van der Waals surface area contributed by atoms with Gasteiger partial charge >= 0.3 is 6.18 Å². The molecule has 42 heavy (non-hydrogen) atoms. The van der Waals surface area contributed by atoms with Gasteiger partial charge in [-0.1, -0.05) is 62.8 Å². The van der Waals surface area contributed by atoms with Gasteiger partial charge in [-0.2, -0.15) is 13.2 Å². The largest absolute Gasteiger partial charge is 0.458 e. The fraction of sp³-hybridized carbons (Fsp3) is 0.429. The van der Waals surface area contributed by atoms with E-state index in [0.29, 0.717) is 11.8 Å². The molecule has 2 saturated carbocycles. The first-order chi connectivity index (χ1) is 20.0. The molecule has 2 aliphatic carbocycles. The van der Waals surface area contributed by atoms with Gasteiger partial charge in [0.25, 0.3) is 0 Å². The minimum Gasteiger partial charge on any atom is -0.206 e. The molecule has 4 unspecified atom stereocenters. The highest BCUT2D eigenvalue weighted by Gasteiger charge is 2.36. The van der Waals surface area contributed by atoms with Gasteiger partial charge < -0.3 is 0 Å². The van der Waals surface area contributed by atoms with E-state index < -0.39 is 35.0 Å². The Morgan fingerprint density at radius 1 is 0.714 bits per heavy atom.